The molecule has 2 aromatic heterocycles. The van der Waals surface area contributed by atoms with Crippen LogP contribution in [0.2, 0.25) is 0 Å². The van der Waals surface area contributed by atoms with Gasteiger partial charge in [-0.1, -0.05) is 38.6 Å². The van der Waals surface area contributed by atoms with Gasteiger partial charge in [0.05, 0.1) is 11.1 Å². The van der Waals surface area contributed by atoms with Crippen molar-refractivity contribution in [3.8, 4) is 0 Å². The van der Waals surface area contributed by atoms with Crippen LogP contribution in [0.3, 0.4) is 0 Å². The van der Waals surface area contributed by atoms with Gasteiger partial charge in [-0.25, -0.2) is 4.98 Å². The predicted molar refractivity (Wildman–Crippen MR) is 126 cm³/mol. The van der Waals surface area contributed by atoms with E-state index in [2.05, 4.69) is 27.4 Å². The average Bonchev–Trinajstić information content (AvgIpc) is 3.05. The fourth-order valence-corrected chi connectivity index (χ4v) is 7.22. The Hall–Kier alpha value is -1.60. The molecule has 3 heterocycles. The number of aromatic nitrogens is 2. The summed E-state index contributed by atoms with van der Waals surface area (Å²) in [5.74, 6) is 2.18. The third-order valence-corrected chi connectivity index (χ3v) is 8.35. The molecule has 30 heavy (non-hydrogen) atoms. The van der Waals surface area contributed by atoms with E-state index in [1.165, 1.54) is 28.6 Å². The van der Waals surface area contributed by atoms with Crippen molar-refractivity contribution in [1.29, 1.82) is 0 Å². The van der Waals surface area contributed by atoms with Crippen molar-refractivity contribution in [1.82, 2.24) is 14.5 Å². The number of likely N-dealkylation sites (tertiary alicyclic amines) is 1. The Bertz CT molecular complexity index is 1020. The predicted octanol–water partition coefficient (Wildman–Crippen LogP) is 4.37. The minimum atomic E-state index is 0.0159. The highest BCUT2D eigenvalue weighted by atomic mass is 32.2. The maximum atomic E-state index is 13.4. The molecule has 1 saturated heterocycles. The quantitative estimate of drug-likeness (QED) is 0.390. The molecular weight excluding hydrogens is 414 g/mol. The topological polar surface area (TPSA) is 55.2 Å². The highest BCUT2D eigenvalue weighted by molar-refractivity contribution is 7.99. The zero-order chi connectivity index (χ0) is 21.4. The van der Waals surface area contributed by atoms with Gasteiger partial charge in [0.2, 0.25) is 5.91 Å². The fraction of sp³-hybridized carbons (Fsp3) is 0.609. The van der Waals surface area contributed by atoms with Crippen molar-refractivity contribution in [3.63, 3.8) is 0 Å². The van der Waals surface area contributed by atoms with Crippen molar-refractivity contribution in [2.24, 2.45) is 17.8 Å². The van der Waals surface area contributed by atoms with Gasteiger partial charge in [0.15, 0.2) is 5.16 Å². The van der Waals surface area contributed by atoms with Gasteiger partial charge in [-0.3, -0.25) is 14.2 Å². The van der Waals surface area contributed by atoms with Crippen molar-refractivity contribution in [2.45, 2.75) is 58.2 Å². The number of thioether (sulfide) groups is 1. The lowest BCUT2D eigenvalue weighted by molar-refractivity contribution is -0.130. The SMILES string of the molecule is C=CCn1c(SCC(=O)N2CC(C)CC(C)C2)nc2sc3c(c2c1=O)CCC(C)C3. The second-order valence-corrected chi connectivity index (χ2v) is 11.2. The summed E-state index contributed by atoms with van der Waals surface area (Å²) in [5.41, 5.74) is 1.22. The van der Waals surface area contributed by atoms with E-state index in [-0.39, 0.29) is 11.5 Å². The van der Waals surface area contributed by atoms with Crippen LogP contribution in [0.5, 0.6) is 0 Å². The largest absolute Gasteiger partial charge is 0.341 e. The number of carbonyl (C=O) groups is 1. The lowest BCUT2D eigenvalue weighted by atomic mass is 9.89. The van der Waals surface area contributed by atoms with Gasteiger partial charge in [0.1, 0.15) is 4.83 Å². The molecule has 162 valence electrons. The Balaban J connectivity index is 1.61. The number of carbonyl (C=O) groups excluding carboxylic acids is 1. The van der Waals surface area contributed by atoms with Crippen LogP contribution >= 0.6 is 23.1 Å². The van der Waals surface area contributed by atoms with E-state index in [4.69, 9.17) is 4.98 Å². The molecule has 0 N–H and O–H groups in total. The van der Waals surface area contributed by atoms with E-state index >= 15 is 0 Å². The summed E-state index contributed by atoms with van der Waals surface area (Å²) < 4.78 is 1.69. The fourth-order valence-electron chi connectivity index (χ4n) is 4.89. The molecule has 4 rings (SSSR count). The van der Waals surface area contributed by atoms with E-state index in [1.54, 1.807) is 22.0 Å². The van der Waals surface area contributed by atoms with Gasteiger partial charge < -0.3 is 4.90 Å². The van der Waals surface area contributed by atoms with Gasteiger partial charge in [-0.2, -0.15) is 0 Å². The first kappa shape index (κ1) is 21.6. The summed E-state index contributed by atoms with van der Waals surface area (Å²) in [6.45, 7) is 12.6. The third kappa shape index (κ3) is 4.24. The Morgan fingerprint density at radius 3 is 2.70 bits per heavy atom. The van der Waals surface area contributed by atoms with Crippen LogP contribution < -0.4 is 5.56 Å². The number of allylic oxidation sites excluding steroid dienone is 1. The molecule has 2 aromatic rings. The van der Waals surface area contributed by atoms with Crippen molar-refractivity contribution >= 4 is 39.2 Å². The Kier molecular flexibility index (Phi) is 6.39. The van der Waals surface area contributed by atoms with Gasteiger partial charge in [-0.05, 0) is 49.0 Å². The lowest BCUT2D eigenvalue weighted by Gasteiger charge is -2.35. The number of hydrogen-bond donors (Lipinski definition) is 0. The van der Waals surface area contributed by atoms with Gasteiger partial charge in [-0.15, -0.1) is 17.9 Å². The first-order valence-electron chi connectivity index (χ1n) is 10.9. The molecule has 7 heteroatoms. The summed E-state index contributed by atoms with van der Waals surface area (Å²) in [6.07, 6.45) is 6.02. The van der Waals surface area contributed by atoms with Crippen LogP contribution in [-0.2, 0) is 24.2 Å². The summed E-state index contributed by atoms with van der Waals surface area (Å²) >= 11 is 3.05. The molecule has 1 aliphatic heterocycles. The van der Waals surface area contributed by atoms with Crippen LogP contribution in [0, 0.1) is 17.8 Å². The normalized spacial score (nSPS) is 24.1. The highest BCUT2D eigenvalue weighted by Gasteiger charge is 2.27. The molecule has 3 unspecified atom stereocenters. The van der Waals surface area contributed by atoms with E-state index in [0.29, 0.717) is 35.2 Å². The maximum absolute atomic E-state index is 13.4. The Morgan fingerprint density at radius 2 is 2.00 bits per heavy atom. The van der Waals surface area contributed by atoms with Crippen LogP contribution in [0.4, 0.5) is 0 Å². The monoisotopic (exact) mass is 445 g/mol. The summed E-state index contributed by atoms with van der Waals surface area (Å²) in [5, 5.41) is 1.42. The molecule has 1 amide bonds. The number of piperidine rings is 1. The molecular formula is C23H31N3O2S2. The van der Waals surface area contributed by atoms with E-state index in [0.717, 1.165) is 42.6 Å². The summed E-state index contributed by atoms with van der Waals surface area (Å²) in [7, 11) is 0. The van der Waals surface area contributed by atoms with Crippen molar-refractivity contribution in [2.75, 3.05) is 18.8 Å². The highest BCUT2D eigenvalue weighted by Crippen LogP contribution is 2.36. The van der Waals surface area contributed by atoms with Crippen LogP contribution in [-0.4, -0.2) is 39.2 Å². The number of hydrogen-bond acceptors (Lipinski definition) is 5. The molecule has 0 aromatic carbocycles. The second kappa shape index (κ2) is 8.87. The zero-order valence-electron chi connectivity index (χ0n) is 18.1. The maximum Gasteiger partial charge on any atom is 0.263 e. The number of amides is 1. The molecule has 1 aliphatic carbocycles. The third-order valence-electron chi connectivity index (χ3n) is 6.24. The summed E-state index contributed by atoms with van der Waals surface area (Å²) in [4.78, 5) is 35.2. The van der Waals surface area contributed by atoms with Gasteiger partial charge >= 0.3 is 0 Å². The van der Waals surface area contributed by atoms with Crippen molar-refractivity contribution in [3.05, 3.63) is 33.4 Å². The Morgan fingerprint density at radius 1 is 1.27 bits per heavy atom. The first-order chi connectivity index (χ1) is 14.4. The standard InChI is InChI=1S/C23H31N3O2S2/c1-5-8-26-22(28)20-17-7-6-14(2)10-18(17)30-21(20)24-23(26)29-13-19(27)25-11-15(3)9-16(4)12-25/h5,14-16H,1,6-13H2,2-4H3. The molecule has 0 radical (unpaired) electrons. The van der Waals surface area contributed by atoms with Crippen LogP contribution in [0.1, 0.15) is 44.1 Å². The summed E-state index contributed by atoms with van der Waals surface area (Å²) in [6, 6.07) is 0. The van der Waals surface area contributed by atoms with Crippen LogP contribution in [0.25, 0.3) is 10.2 Å². The van der Waals surface area contributed by atoms with Gasteiger partial charge in [0, 0.05) is 24.5 Å². The molecule has 5 nitrogen and oxygen atoms in total. The smallest absolute Gasteiger partial charge is 0.263 e. The van der Waals surface area contributed by atoms with Crippen LogP contribution in [0.15, 0.2) is 22.6 Å². The number of rotatable bonds is 5. The Labute approximate surface area is 186 Å². The average molecular weight is 446 g/mol. The molecule has 2 aliphatic rings. The first-order valence-corrected chi connectivity index (χ1v) is 12.7. The molecule has 0 bridgehead atoms. The minimum Gasteiger partial charge on any atom is -0.341 e. The molecule has 1 fully saturated rings. The van der Waals surface area contributed by atoms with E-state index in [9.17, 15) is 9.59 Å². The second-order valence-electron chi connectivity index (χ2n) is 9.16. The minimum absolute atomic E-state index is 0.0159. The van der Waals surface area contributed by atoms with E-state index < -0.39 is 0 Å². The molecule has 0 saturated carbocycles. The molecule has 0 spiro atoms. The van der Waals surface area contributed by atoms with E-state index in [1.807, 2.05) is 4.90 Å². The molecule has 3 atom stereocenters. The van der Waals surface area contributed by atoms with Gasteiger partial charge in [0.25, 0.3) is 5.56 Å². The van der Waals surface area contributed by atoms with Crippen molar-refractivity contribution < 1.29 is 4.79 Å². The number of fused-ring (bicyclic) bond motifs is 3. The number of thiophene rings is 1. The lowest BCUT2D eigenvalue weighted by Crippen LogP contribution is -2.43. The number of aryl methyl sites for hydroxylation is 1. The zero-order valence-corrected chi connectivity index (χ0v) is 19.8. The number of nitrogens with zero attached hydrogens (tertiary/aromatic N) is 3.